The van der Waals surface area contributed by atoms with Gasteiger partial charge in [0.05, 0.1) is 35.4 Å². The van der Waals surface area contributed by atoms with E-state index in [0.717, 1.165) is 19.6 Å². The van der Waals surface area contributed by atoms with Gasteiger partial charge in [-0.25, -0.2) is 0 Å². The average Bonchev–Trinajstić information content (AvgIpc) is 2.42. The third-order valence-electron chi connectivity index (χ3n) is 2.95. The summed E-state index contributed by atoms with van der Waals surface area (Å²) in [4.78, 5) is 1.46. The zero-order valence-electron chi connectivity index (χ0n) is 12.6. The van der Waals surface area contributed by atoms with Crippen LogP contribution in [0.4, 0.5) is 0 Å². The average molecular weight is 270 g/mol. The fraction of sp³-hybridized carbons (Fsp3) is 0.571. The Bertz CT molecular complexity index is 369. The Hall–Kier alpha value is -1.46. The maximum absolute atomic E-state index is 5.34. The molecule has 3 N–H and O–H groups in total. The van der Waals surface area contributed by atoms with Gasteiger partial charge in [-0.1, -0.05) is 0 Å². The highest BCUT2D eigenvalue weighted by atomic mass is 16.5. The topological polar surface area (TPSA) is 48.7 Å². The monoisotopic (exact) mass is 270 g/mol. The van der Waals surface area contributed by atoms with Crippen molar-refractivity contribution in [1.82, 2.24) is 0 Å². The first-order valence-electron chi connectivity index (χ1n) is 6.52. The van der Waals surface area contributed by atoms with Crippen LogP contribution in [0.5, 0.6) is 17.2 Å². The number of nitrogens with one attached hydrogen (secondary N) is 1. The normalized spacial score (nSPS) is 10.6. The van der Waals surface area contributed by atoms with E-state index in [0.29, 0.717) is 17.2 Å². The van der Waals surface area contributed by atoms with Gasteiger partial charge < -0.3 is 24.4 Å². The summed E-state index contributed by atoms with van der Waals surface area (Å²) in [7, 11) is 9.22. The molecule has 0 aromatic heterocycles. The maximum atomic E-state index is 5.34. The van der Waals surface area contributed by atoms with Crippen LogP contribution in [0.15, 0.2) is 12.1 Å². The van der Waals surface area contributed by atoms with E-state index in [9.17, 15) is 0 Å². The predicted molar refractivity (Wildman–Crippen MR) is 74.3 cm³/mol. The van der Waals surface area contributed by atoms with Crippen molar-refractivity contribution in [3.63, 3.8) is 0 Å². The van der Waals surface area contributed by atoms with Crippen molar-refractivity contribution < 1.29 is 24.4 Å². The van der Waals surface area contributed by atoms with Crippen LogP contribution in [0.1, 0.15) is 5.56 Å². The molecule has 1 rings (SSSR count). The number of methoxy groups -OCH3 is 3. The molecule has 5 heteroatoms. The molecule has 0 aliphatic heterocycles. The van der Waals surface area contributed by atoms with Crippen LogP contribution in [-0.2, 0) is 6.54 Å². The quantitative estimate of drug-likeness (QED) is 0.591. The molecule has 0 heterocycles. The van der Waals surface area contributed by atoms with Gasteiger partial charge in [-0.3, -0.25) is 0 Å². The molecule has 0 saturated carbocycles. The molecule has 0 unspecified atom stereocenters. The summed E-state index contributed by atoms with van der Waals surface area (Å²) in [5.74, 6) is 2.07. The lowest BCUT2D eigenvalue weighted by Crippen LogP contribution is -3.09. The van der Waals surface area contributed by atoms with Crippen LogP contribution in [-0.4, -0.2) is 48.5 Å². The molecule has 0 aliphatic carbocycles. The second kappa shape index (κ2) is 7.86. The van der Waals surface area contributed by atoms with Gasteiger partial charge in [-0.15, -0.1) is 0 Å². The van der Waals surface area contributed by atoms with E-state index in [1.165, 1.54) is 10.5 Å². The molecule has 108 valence electrons. The summed E-state index contributed by atoms with van der Waals surface area (Å²) in [6.45, 7) is 3.15. The standard InChI is InChI=1S/C14H24N2O3/c1-16(2)7-6-15-10-11-8-12(17-3)14(19-5)13(9-11)18-4/h8-9,15H,6-7,10H2,1-5H3/p+2. The van der Waals surface area contributed by atoms with Gasteiger partial charge in [-0.2, -0.15) is 0 Å². The number of nitrogens with two attached hydrogens (primary N) is 1. The second-order valence-corrected chi connectivity index (χ2v) is 4.77. The first-order valence-corrected chi connectivity index (χ1v) is 6.52. The first kappa shape index (κ1) is 15.6. The van der Waals surface area contributed by atoms with Gasteiger partial charge in [0.2, 0.25) is 5.75 Å². The third kappa shape index (κ3) is 4.61. The van der Waals surface area contributed by atoms with E-state index in [4.69, 9.17) is 14.2 Å². The molecule has 5 nitrogen and oxygen atoms in total. The number of ether oxygens (including phenoxy) is 3. The molecule has 0 radical (unpaired) electrons. The summed E-state index contributed by atoms with van der Waals surface area (Å²) in [5, 5.41) is 2.29. The molecule has 0 fully saturated rings. The Kier molecular flexibility index (Phi) is 6.45. The number of hydrogen-bond donors (Lipinski definition) is 2. The van der Waals surface area contributed by atoms with E-state index in [1.807, 2.05) is 12.1 Å². The lowest BCUT2D eigenvalue weighted by atomic mass is 10.2. The molecule has 19 heavy (non-hydrogen) atoms. The van der Waals surface area contributed by atoms with Gasteiger partial charge in [-0.05, 0) is 12.1 Å². The highest BCUT2D eigenvalue weighted by molar-refractivity contribution is 5.53. The maximum Gasteiger partial charge on any atom is 0.203 e. The largest absolute Gasteiger partial charge is 0.493 e. The van der Waals surface area contributed by atoms with E-state index in [2.05, 4.69) is 19.4 Å². The van der Waals surface area contributed by atoms with Crippen molar-refractivity contribution in [1.29, 1.82) is 0 Å². The van der Waals surface area contributed by atoms with E-state index in [-0.39, 0.29) is 0 Å². The minimum Gasteiger partial charge on any atom is -0.493 e. The van der Waals surface area contributed by atoms with Gasteiger partial charge in [0.15, 0.2) is 11.5 Å². The van der Waals surface area contributed by atoms with Crippen molar-refractivity contribution in [3.05, 3.63) is 17.7 Å². The fourth-order valence-electron chi connectivity index (χ4n) is 1.91. The molecule has 0 spiro atoms. The van der Waals surface area contributed by atoms with Crippen LogP contribution >= 0.6 is 0 Å². The number of benzene rings is 1. The molecule has 0 atom stereocenters. The van der Waals surface area contributed by atoms with Crippen LogP contribution < -0.4 is 24.4 Å². The summed E-state index contributed by atoms with van der Waals surface area (Å²) in [6, 6.07) is 4.00. The molecule has 1 aromatic carbocycles. The molecule has 0 aliphatic rings. The SMILES string of the molecule is COc1cc(C[NH2+]CC[NH+](C)C)cc(OC)c1OC. The van der Waals surface area contributed by atoms with E-state index >= 15 is 0 Å². The van der Waals surface area contributed by atoms with Gasteiger partial charge in [0, 0.05) is 5.56 Å². The zero-order chi connectivity index (χ0) is 14.3. The van der Waals surface area contributed by atoms with Crippen molar-refractivity contribution in [2.45, 2.75) is 6.54 Å². The smallest absolute Gasteiger partial charge is 0.203 e. The summed E-state index contributed by atoms with van der Waals surface area (Å²) < 4.78 is 16.0. The van der Waals surface area contributed by atoms with Crippen molar-refractivity contribution in [3.8, 4) is 17.2 Å². The number of rotatable bonds is 8. The minimum absolute atomic E-state index is 0.645. The Morgan fingerprint density at radius 1 is 1.00 bits per heavy atom. The number of quaternary nitrogens is 2. The molecule has 1 aromatic rings. The van der Waals surface area contributed by atoms with E-state index in [1.54, 1.807) is 21.3 Å². The minimum atomic E-state index is 0.645. The Labute approximate surface area is 115 Å². The second-order valence-electron chi connectivity index (χ2n) is 4.77. The highest BCUT2D eigenvalue weighted by Gasteiger charge is 2.13. The third-order valence-corrected chi connectivity index (χ3v) is 2.95. The van der Waals surface area contributed by atoms with Crippen LogP contribution in [0, 0.1) is 0 Å². The molecular weight excluding hydrogens is 244 g/mol. The summed E-state index contributed by atoms with van der Waals surface area (Å²) >= 11 is 0. The first-order chi connectivity index (χ1) is 9.12. The van der Waals surface area contributed by atoms with E-state index < -0.39 is 0 Å². The fourth-order valence-corrected chi connectivity index (χ4v) is 1.91. The summed E-state index contributed by atoms with van der Waals surface area (Å²) in [5.41, 5.74) is 1.17. The molecular formula is C14H26N2O3+2. The molecule has 0 saturated heterocycles. The predicted octanol–water partition coefficient (Wildman–Crippen LogP) is -1.08. The highest BCUT2D eigenvalue weighted by Crippen LogP contribution is 2.37. The number of hydrogen-bond acceptors (Lipinski definition) is 3. The van der Waals surface area contributed by atoms with Gasteiger partial charge in [0.25, 0.3) is 0 Å². The van der Waals surface area contributed by atoms with Crippen molar-refractivity contribution in [2.75, 3.05) is 48.5 Å². The van der Waals surface area contributed by atoms with Crippen LogP contribution in [0.3, 0.4) is 0 Å². The zero-order valence-corrected chi connectivity index (χ0v) is 12.6. The Morgan fingerprint density at radius 3 is 2.00 bits per heavy atom. The number of likely N-dealkylation sites (N-methyl/N-ethyl adjacent to an activating group) is 1. The van der Waals surface area contributed by atoms with Crippen LogP contribution in [0.2, 0.25) is 0 Å². The lowest BCUT2D eigenvalue weighted by molar-refractivity contribution is -0.875. The molecule has 0 amide bonds. The van der Waals surface area contributed by atoms with Crippen molar-refractivity contribution >= 4 is 0 Å². The van der Waals surface area contributed by atoms with Gasteiger partial charge >= 0.3 is 0 Å². The Morgan fingerprint density at radius 2 is 1.58 bits per heavy atom. The van der Waals surface area contributed by atoms with Crippen molar-refractivity contribution in [2.24, 2.45) is 0 Å². The van der Waals surface area contributed by atoms with Gasteiger partial charge in [0.1, 0.15) is 19.6 Å². The lowest BCUT2D eigenvalue weighted by Gasteiger charge is -2.13. The molecule has 0 bridgehead atoms. The Balaban J connectivity index is 2.73. The summed E-state index contributed by atoms with van der Waals surface area (Å²) in [6.07, 6.45) is 0. The van der Waals surface area contributed by atoms with Crippen LogP contribution in [0.25, 0.3) is 0 Å².